The van der Waals surface area contributed by atoms with E-state index < -0.39 is 6.10 Å². The summed E-state index contributed by atoms with van der Waals surface area (Å²) in [6.45, 7) is 0. The second-order valence-electron chi connectivity index (χ2n) is 5.23. The van der Waals surface area contributed by atoms with Gasteiger partial charge in [-0.1, -0.05) is 22.4 Å². The quantitative estimate of drug-likeness (QED) is 0.495. The van der Waals surface area contributed by atoms with Gasteiger partial charge in [-0.05, 0) is 40.2 Å². The van der Waals surface area contributed by atoms with Crippen LogP contribution in [0.1, 0.15) is 17.4 Å². The largest absolute Gasteiger partial charge is 0.477 e. The van der Waals surface area contributed by atoms with E-state index in [4.69, 9.17) is 4.74 Å². The summed E-state index contributed by atoms with van der Waals surface area (Å²) in [4.78, 5) is 4.37. The molecule has 120 valence electrons. The Morgan fingerprint density at radius 2 is 2.00 bits per heavy atom. The van der Waals surface area contributed by atoms with Gasteiger partial charge in [0, 0.05) is 21.7 Å². The molecular formula is C16H11BrN4O3. The van der Waals surface area contributed by atoms with E-state index in [0.717, 1.165) is 9.99 Å². The van der Waals surface area contributed by atoms with Gasteiger partial charge >= 0.3 is 0 Å². The third-order valence-corrected chi connectivity index (χ3v) is 4.26. The molecule has 0 fully saturated rings. The van der Waals surface area contributed by atoms with E-state index in [1.165, 1.54) is 0 Å². The Hall–Kier alpha value is -2.87. The van der Waals surface area contributed by atoms with Gasteiger partial charge in [-0.15, -0.1) is 0 Å². The van der Waals surface area contributed by atoms with Gasteiger partial charge in [-0.2, -0.15) is 0 Å². The third kappa shape index (κ3) is 2.23. The molecule has 0 spiro atoms. The Bertz CT molecular complexity index is 996. The van der Waals surface area contributed by atoms with Crippen LogP contribution in [0.25, 0.3) is 5.52 Å². The van der Waals surface area contributed by atoms with Crippen molar-refractivity contribution in [2.45, 2.75) is 6.10 Å². The molecule has 8 heteroatoms. The number of ether oxygens (including phenoxy) is 1. The van der Waals surface area contributed by atoms with E-state index in [9.17, 15) is 10.4 Å². The van der Waals surface area contributed by atoms with E-state index in [0.29, 0.717) is 17.0 Å². The predicted molar refractivity (Wildman–Crippen MR) is 90.2 cm³/mol. The summed E-state index contributed by atoms with van der Waals surface area (Å²) < 4.78 is 8.71. The number of rotatable bonds is 1. The molecule has 3 aromatic rings. The zero-order chi connectivity index (χ0) is 16.7. The molecule has 1 aromatic carbocycles. The molecule has 24 heavy (non-hydrogen) atoms. The van der Waals surface area contributed by atoms with Crippen molar-refractivity contribution in [3.63, 3.8) is 0 Å². The smallest absolute Gasteiger partial charge is 0.188 e. The van der Waals surface area contributed by atoms with Gasteiger partial charge in [-0.3, -0.25) is 0 Å². The fraction of sp³-hybridized carbons (Fsp3) is 0.0625. The van der Waals surface area contributed by atoms with Gasteiger partial charge in [0.25, 0.3) is 0 Å². The Balaban J connectivity index is 1.87. The summed E-state index contributed by atoms with van der Waals surface area (Å²) in [6, 6.07) is 10.8. The van der Waals surface area contributed by atoms with E-state index in [2.05, 4.69) is 31.2 Å². The molecule has 0 radical (unpaired) electrons. The lowest BCUT2D eigenvalue weighted by atomic mass is 9.96. The summed E-state index contributed by atoms with van der Waals surface area (Å²) in [6.07, 6.45) is 2.74. The maximum Gasteiger partial charge on any atom is 0.188 e. The number of hydrogen-bond donors (Lipinski definition) is 2. The molecule has 0 saturated heterocycles. The van der Waals surface area contributed by atoms with Crippen LogP contribution in [-0.2, 0) is 0 Å². The summed E-state index contributed by atoms with van der Waals surface area (Å²) >= 11 is 3.42. The SMILES string of the molecule is ON=C1C(=NO)C(c2cc3cc(Br)cn3cn2)Oc2ccccc21. The van der Waals surface area contributed by atoms with E-state index in [1.54, 1.807) is 24.5 Å². The minimum Gasteiger partial charge on any atom is -0.477 e. The van der Waals surface area contributed by atoms with Crippen molar-refractivity contribution in [3.8, 4) is 5.75 Å². The molecular weight excluding hydrogens is 376 g/mol. The van der Waals surface area contributed by atoms with Crippen LogP contribution >= 0.6 is 15.9 Å². The zero-order valence-electron chi connectivity index (χ0n) is 12.2. The minimum atomic E-state index is -0.783. The minimum absolute atomic E-state index is 0.0960. The Morgan fingerprint density at radius 3 is 2.79 bits per heavy atom. The number of halogens is 1. The van der Waals surface area contributed by atoms with Gasteiger partial charge in [0.15, 0.2) is 11.8 Å². The van der Waals surface area contributed by atoms with Crippen molar-refractivity contribution in [1.82, 2.24) is 9.38 Å². The molecule has 0 amide bonds. The maximum atomic E-state index is 9.44. The first-order chi connectivity index (χ1) is 11.7. The highest BCUT2D eigenvalue weighted by atomic mass is 79.9. The van der Waals surface area contributed by atoms with Gasteiger partial charge in [0.2, 0.25) is 0 Å². The average molecular weight is 387 g/mol. The maximum absolute atomic E-state index is 9.44. The van der Waals surface area contributed by atoms with Crippen LogP contribution in [0.4, 0.5) is 0 Å². The standard InChI is InChI=1S/C16H11BrN4O3/c17-9-5-10-6-12(18-8-21(10)7-9)16-15(20-23)14(19-22)11-3-1-2-4-13(11)24-16/h1-8,16,22-23H. The number of fused-ring (bicyclic) bond motifs is 2. The fourth-order valence-electron chi connectivity index (χ4n) is 2.75. The molecule has 1 aliphatic heterocycles. The zero-order valence-corrected chi connectivity index (χ0v) is 13.8. The molecule has 0 saturated carbocycles. The molecule has 7 nitrogen and oxygen atoms in total. The second kappa shape index (κ2) is 5.64. The van der Waals surface area contributed by atoms with Gasteiger partial charge in [-0.25, -0.2) is 4.98 Å². The molecule has 0 aliphatic carbocycles. The first-order valence-electron chi connectivity index (χ1n) is 7.05. The van der Waals surface area contributed by atoms with Crippen molar-refractivity contribution in [1.29, 1.82) is 0 Å². The lowest BCUT2D eigenvalue weighted by molar-refractivity contribution is 0.249. The van der Waals surface area contributed by atoms with Crippen LogP contribution < -0.4 is 4.74 Å². The van der Waals surface area contributed by atoms with Crippen LogP contribution in [0, 0.1) is 0 Å². The Labute approximate surface area is 144 Å². The lowest BCUT2D eigenvalue weighted by Gasteiger charge is -2.26. The molecule has 2 aromatic heterocycles. The van der Waals surface area contributed by atoms with Crippen LogP contribution in [0.2, 0.25) is 0 Å². The number of para-hydroxylation sites is 1. The Morgan fingerprint density at radius 1 is 1.17 bits per heavy atom. The van der Waals surface area contributed by atoms with Crippen LogP contribution in [0.5, 0.6) is 5.75 Å². The number of aromatic nitrogens is 2. The number of oxime groups is 2. The predicted octanol–water partition coefficient (Wildman–Crippen LogP) is 3.24. The van der Waals surface area contributed by atoms with E-state index >= 15 is 0 Å². The molecule has 2 N–H and O–H groups in total. The van der Waals surface area contributed by atoms with Crippen molar-refractivity contribution in [3.05, 3.63) is 64.7 Å². The molecule has 1 unspecified atom stereocenters. The van der Waals surface area contributed by atoms with Crippen molar-refractivity contribution >= 4 is 32.9 Å². The topological polar surface area (TPSA) is 91.7 Å². The molecule has 4 rings (SSSR count). The van der Waals surface area contributed by atoms with Gasteiger partial charge < -0.3 is 19.6 Å². The molecule has 1 aliphatic rings. The van der Waals surface area contributed by atoms with Crippen LogP contribution in [0.3, 0.4) is 0 Å². The second-order valence-corrected chi connectivity index (χ2v) is 6.15. The average Bonchev–Trinajstić information content (AvgIpc) is 2.98. The molecule has 1 atom stereocenters. The highest BCUT2D eigenvalue weighted by Crippen LogP contribution is 2.33. The first-order valence-corrected chi connectivity index (χ1v) is 7.84. The van der Waals surface area contributed by atoms with Gasteiger partial charge in [0.05, 0.1) is 12.0 Å². The number of hydrogen-bond acceptors (Lipinski definition) is 6. The third-order valence-electron chi connectivity index (χ3n) is 3.83. The number of benzene rings is 1. The fourth-order valence-corrected chi connectivity index (χ4v) is 3.21. The molecule has 3 heterocycles. The summed E-state index contributed by atoms with van der Waals surface area (Å²) in [5.74, 6) is 0.529. The number of nitrogens with zero attached hydrogens (tertiary/aromatic N) is 4. The monoisotopic (exact) mass is 386 g/mol. The summed E-state index contributed by atoms with van der Waals surface area (Å²) in [7, 11) is 0. The lowest BCUT2D eigenvalue weighted by Crippen LogP contribution is -2.33. The van der Waals surface area contributed by atoms with Crippen molar-refractivity contribution in [2.24, 2.45) is 10.3 Å². The summed E-state index contributed by atoms with van der Waals surface area (Å²) in [5.41, 5.74) is 2.24. The summed E-state index contributed by atoms with van der Waals surface area (Å²) in [5, 5.41) is 25.4. The first kappa shape index (κ1) is 14.7. The van der Waals surface area contributed by atoms with Crippen molar-refractivity contribution in [2.75, 3.05) is 0 Å². The van der Waals surface area contributed by atoms with Crippen LogP contribution in [-0.4, -0.2) is 31.2 Å². The molecule has 0 bridgehead atoms. The van der Waals surface area contributed by atoms with E-state index in [-0.39, 0.29) is 11.4 Å². The van der Waals surface area contributed by atoms with Crippen LogP contribution in [0.15, 0.2) is 63.7 Å². The van der Waals surface area contributed by atoms with E-state index in [1.807, 2.05) is 28.8 Å². The highest BCUT2D eigenvalue weighted by Gasteiger charge is 2.35. The van der Waals surface area contributed by atoms with Gasteiger partial charge in [0.1, 0.15) is 11.5 Å². The van der Waals surface area contributed by atoms with Crippen molar-refractivity contribution < 1.29 is 15.2 Å². The normalized spacial score (nSPS) is 20.3. The highest BCUT2D eigenvalue weighted by molar-refractivity contribution is 9.10. The Kier molecular flexibility index (Phi) is 3.46.